The van der Waals surface area contributed by atoms with Gasteiger partial charge in [0.15, 0.2) is 0 Å². The van der Waals surface area contributed by atoms with Gasteiger partial charge in [-0.2, -0.15) is 13.2 Å². The van der Waals surface area contributed by atoms with Gasteiger partial charge in [-0.25, -0.2) is 0 Å². The minimum absolute atomic E-state index is 0.0142. The topological polar surface area (TPSA) is 14.2 Å². The van der Waals surface area contributed by atoms with Crippen LogP contribution in [0.1, 0.15) is 12.6 Å². The molecule has 0 N–H and O–H groups in total. The van der Waals surface area contributed by atoms with Crippen molar-refractivity contribution in [2.24, 2.45) is 0 Å². The maximum atomic E-state index is 13.2. The van der Waals surface area contributed by atoms with Gasteiger partial charge in [0.05, 0.1) is 5.69 Å². The Labute approximate surface area is 133 Å². The van der Waals surface area contributed by atoms with Crippen LogP contribution in [0.2, 0.25) is 5.02 Å². The molecule has 0 amide bonds. The molecule has 1 aromatic carbocycles. The second-order valence-corrected chi connectivity index (χ2v) is 5.57. The van der Waals surface area contributed by atoms with E-state index in [1.807, 2.05) is 0 Å². The fourth-order valence-corrected chi connectivity index (χ4v) is 2.76. The van der Waals surface area contributed by atoms with E-state index in [1.54, 1.807) is 31.2 Å². The summed E-state index contributed by atoms with van der Waals surface area (Å²) in [6.45, 7) is 1.88. The highest BCUT2D eigenvalue weighted by Gasteiger charge is 2.38. The van der Waals surface area contributed by atoms with Crippen molar-refractivity contribution in [1.29, 1.82) is 0 Å². The summed E-state index contributed by atoms with van der Waals surface area (Å²) in [5, 5.41) is 0.525. The van der Waals surface area contributed by atoms with Crippen molar-refractivity contribution < 1.29 is 17.9 Å². The van der Waals surface area contributed by atoms with Crippen molar-refractivity contribution in [3.8, 4) is 11.3 Å². The SMILES string of the molecule is CCOCn1c(-c2ccc(Cl)cc2)cc(Br)c1C(F)(F)F. The van der Waals surface area contributed by atoms with E-state index in [4.69, 9.17) is 16.3 Å². The van der Waals surface area contributed by atoms with Crippen LogP contribution in [0.3, 0.4) is 0 Å². The Morgan fingerprint density at radius 3 is 2.38 bits per heavy atom. The van der Waals surface area contributed by atoms with E-state index >= 15 is 0 Å². The first-order valence-electron chi connectivity index (χ1n) is 6.14. The predicted octanol–water partition coefficient (Wildman–Crippen LogP) is 5.58. The summed E-state index contributed by atoms with van der Waals surface area (Å²) in [4.78, 5) is 0. The lowest BCUT2D eigenvalue weighted by Crippen LogP contribution is -2.16. The summed E-state index contributed by atoms with van der Waals surface area (Å²) < 4.78 is 45.9. The molecule has 2 rings (SSSR count). The zero-order valence-corrected chi connectivity index (χ0v) is 13.4. The van der Waals surface area contributed by atoms with Gasteiger partial charge in [0.25, 0.3) is 0 Å². The van der Waals surface area contributed by atoms with Crippen LogP contribution in [0.15, 0.2) is 34.8 Å². The average molecular weight is 383 g/mol. The van der Waals surface area contributed by atoms with Crippen molar-refractivity contribution in [3.63, 3.8) is 0 Å². The highest BCUT2D eigenvalue weighted by molar-refractivity contribution is 9.10. The fourth-order valence-electron chi connectivity index (χ4n) is 1.98. The molecule has 0 atom stereocenters. The second kappa shape index (κ2) is 6.42. The third-order valence-electron chi connectivity index (χ3n) is 2.88. The predicted molar refractivity (Wildman–Crippen MR) is 79.2 cm³/mol. The van der Waals surface area contributed by atoms with Crippen molar-refractivity contribution in [2.45, 2.75) is 19.8 Å². The Morgan fingerprint density at radius 1 is 1.24 bits per heavy atom. The van der Waals surface area contributed by atoms with E-state index in [1.165, 1.54) is 6.07 Å². The third kappa shape index (κ3) is 3.62. The fraction of sp³-hybridized carbons (Fsp3) is 0.286. The van der Waals surface area contributed by atoms with Gasteiger partial charge in [-0.1, -0.05) is 23.7 Å². The molecule has 2 aromatic rings. The maximum Gasteiger partial charge on any atom is 0.432 e. The molecule has 0 aliphatic heterocycles. The molecule has 0 aliphatic carbocycles. The summed E-state index contributed by atoms with van der Waals surface area (Å²) in [5.41, 5.74) is 0.288. The molecular formula is C14H12BrClF3NO. The van der Waals surface area contributed by atoms with Crippen molar-refractivity contribution in [2.75, 3.05) is 6.61 Å². The van der Waals surface area contributed by atoms with E-state index in [0.717, 1.165) is 4.57 Å². The summed E-state index contributed by atoms with van der Waals surface area (Å²) in [6, 6.07) is 8.05. The molecule has 0 unspecified atom stereocenters. The van der Waals surface area contributed by atoms with E-state index in [0.29, 0.717) is 22.9 Å². The van der Waals surface area contributed by atoms with Gasteiger partial charge in [0, 0.05) is 16.1 Å². The Morgan fingerprint density at radius 2 is 1.86 bits per heavy atom. The molecule has 21 heavy (non-hydrogen) atoms. The van der Waals surface area contributed by atoms with Gasteiger partial charge in [-0.15, -0.1) is 0 Å². The van der Waals surface area contributed by atoms with Crippen LogP contribution >= 0.6 is 27.5 Å². The zero-order valence-electron chi connectivity index (χ0n) is 11.0. The van der Waals surface area contributed by atoms with Gasteiger partial charge in [0.2, 0.25) is 0 Å². The Kier molecular flexibility index (Phi) is 5.01. The highest BCUT2D eigenvalue weighted by atomic mass is 79.9. The lowest BCUT2D eigenvalue weighted by atomic mass is 10.1. The highest BCUT2D eigenvalue weighted by Crippen LogP contribution is 2.40. The summed E-state index contributed by atoms with van der Waals surface area (Å²) in [5.74, 6) is 0. The van der Waals surface area contributed by atoms with Gasteiger partial charge in [0.1, 0.15) is 12.4 Å². The standard InChI is InChI=1S/C14H12BrClF3NO/c1-2-21-8-20-12(9-3-5-10(16)6-4-9)7-11(15)13(20)14(17,18)19/h3-7H,2,8H2,1H3. The molecule has 0 radical (unpaired) electrons. The molecule has 0 bridgehead atoms. The Balaban J connectivity index is 2.57. The minimum atomic E-state index is -4.47. The number of alkyl halides is 3. The van der Waals surface area contributed by atoms with Crippen LogP contribution in [0, 0.1) is 0 Å². The number of ether oxygens (including phenoxy) is 1. The Bertz CT molecular complexity index is 622. The van der Waals surface area contributed by atoms with E-state index < -0.39 is 11.9 Å². The van der Waals surface area contributed by atoms with Crippen LogP contribution in [0.25, 0.3) is 11.3 Å². The number of rotatable bonds is 4. The average Bonchev–Trinajstić information content (AvgIpc) is 2.74. The molecule has 7 heteroatoms. The molecule has 1 aromatic heterocycles. The van der Waals surface area contributed by atoms with E-state index in [2.05, 4.69) is 15.9 Å². The third-order valence-corrected chi connectivity index (χ3v) is 3.74. The number of aromatic nitrogens is 1. The van der Waals surface area contributed by atoms with Crippen molar-refractivity contribution in [1.82, 2.24) is 4.57 Å². The van der Waals surface area contributed by atoms with Crippen molar-refractivity contribution >= 4 is 27.5 Å². The number of hydrogen-bond donors (Lipinski definition) is 0. The molecule has 0 aliphatic rings. The van der Waals surface area contributed by atoms with Crippen LogP contribution in [-0.4, -0.2) is 11.2 Å². The zero-order chi connectivity index (χ0) is 15.6. The van der Waals surface area contributed by atoms with Gasteiger partial charge >= 0.3 is 6.18 Å². The molecule has 0 saturated carbocycles. The summed E-state index contributed by atoms with van der Waals surface area (Å²) in [7, 11) is 0. The largest absolute Gasteiger partial charge is 0.432 e. The summed E-state index contributed by atoms with van der Waals surface area (Å²) >= 11 is 8.80. The first-order valence-corrected chi connectivity index (χ1v) is 7.31. The Hall–Kier alpha value is -0.980. The normalized spacial score (nSPS) is 11.9. The van der Waals surface area contributed by atoms with Crippen LogP contribution in [0.5, 0.6) is 0 Å². The van der Waals surface area contributed by atoms with Crippen LogP contribution < -0.4 is 0 Å². The number of nitrogens with zero attached hydrogens (tertiary/aromatic N) is 1. The smallest absolute Gasteiger partial charge is 0.361 e. The lowest BCUT2D eigenvalue weighted by molar-refractivity contribution is -0.146. The maximum absolute atomic E-state index is 13.2. The van der Waals surface area contributed by atoms with E-state index in [-0.39, 0.29) is 11.2 Å². The quantitative estimate of drug-likeness (QED) is 0.673. The molecule has 0 fully saturated rings. The number of hydrogen-bond acceptors (Lipinski definition) is 1. The van der Waals surface area contributed by atoms with Gasteiger partial charge in [-0.3, -0.25) is 0 Å². The molecule has 114 valence electrons. The van der Waals surface area contributed by atoms with Gasteiger partial charge < -0.3 is 9.30 Å². The second-order valence-electron chi connectivity index (χ2n) is 4.28. The van der Waals surface area contributed by atoms with E-state index in [9.17, 15) is 13.2 Å². The lowest BCUT2D eigenvalue weighted by Gasteiger charge is -2.15. The first kappa shape index (κ1) is 16.4. The van der Waals surface area contributed by atoms with Crippen molar-refractivity contribution in [3.05, 3.63) is 45.5 Å². The summed E-state index contributed by atoms with van der Waals surface area (Å²) in [6.07, 6.45) is -4.47. The number of halogens is 5. The first-order chi connectivity index (χ1) is 9.84. The molecular weight excluding hydrogens is 371 g/mol. The molecule has 2 nitrogen and oxygen atoms in total. The molecule has 0 saturated heterocycles. The minimum Gasteiger partial charge on any atom is -0.361 e. The number of benzene rings is 1. The molecule has 1 heterocycles. The van der Waals surface area contributed by atoms with Crippen LogP contribution in [-0.2, 0) is 17.6 Å². The molecule has 0 spiro atoms. The van der Waals surface area contributed by atoms with Gasteiger partial charge in [-0.05, 0) is 46.6 Å². The van der Waals surface area contributed by atoms with Crippen LogP contribution in [0.4, 0.5) is 13.2 Å². The monoisotopic (exact) mass is 381 g/mol.